The van der Waals surface area contributed by atoms with Crippen molar-refractivity contribution in [3.8, 4) is 17.3 Å². The zero-order valence-corrected chi connectivity index (χ0v) is 13.3. The zero-order valence-electron chi connectivity index (χ0n) is 11.7. The summed E-state index contributed by atoms with van der Waals surface area (Å²) in [4.78, 5) is 0. The molecule has 5 nitrogen and oxygen atoms in total. The number of anilines is 1. The summed E-state index contributed by atoms with van der Waals surface area (Å²) in [6, 6.07) is 6.78. The van der Waals surface area contributed by atoms with Gasteiger partial charge in [0.25, 0.3) is 0 Å². The van der Waals surface area contributed by atoms with Crippen LogP contribution >= 0.6 is 15.9 Å². The lowest BCUT2D eigenvalue weighted by atomic mass is 10.1. The van der Waals surface area contributed by atoms with E-state index in [0.29, 0.717) is 17.7 Å². The molecule has 2 heterocycles. The lowest BCUT2D eigenvalue weighted by molar-refractivity contribution is 0.0669. The van der Waals surface area contributed by atoms with Crippen LogP contribution < -0.4 is 5.73 Å². The molecular weight excluding hydrogens is 351 g/mol. The molecular formula is C15H14BrFN4O. The van der Waals surface area contributed by atoms with E-state index in [0.717, 1.165) is 12.8 Å². The SMILES string of the molecule is N#Cc1c(-c2ccc(Br)cc2F)nn(C2CCOCC2)c1N. The van der Waals surface area contributed by atoms with E-state index in [1.807, 2.05) is 6.07 Å². The third-order valence-electron chi connectivity index (χ3n) is 3.78. The molecule has 2 aromatic rings. The van der Waals surface area contributed by atoms with E-state index >= 15 is 0 Å². The first-order valence-electron chi connectivity index (χ1n) is 6.93. The third-order valence-corrected chi connectivity index (χ3v) is 4.28. The number of nitrogens with two attached hydrogens (primary N) is 1. The summed E-state index contributed by atoms with van der Waals surface area (Å²) in [5.41, 5.74) is 6.85. The van der Waals surface area contributed by atoms with Crippen LogP contribution in [0.4, 0.5) is 10.2 Å². The van der Waals surface area contributed by atoms with Crippen molar-refractivity contribution in [3.63, 3.8) is 0 Å². The van der Waals surface area contributed by atoms with E-state index in [4.69, 9.17) is 10.5 Å². The number of nitrogens with zero attached hydrogens (tertiary/aromatic N) is 3. The maximum Gasteiger partial charge on any atom is 0.140 e. The van der Waals surface area contributed by atoms with Crippen LogP contribution in [0, 0.1) is 17.1 Å². The molecule has 0 unspecified atom stereocenters. The molecule has 1 aliphatic heterocycles. The number of aromatic nitrogens is 2. The summed E-state index contributed by atoms with van der Waals surface area (Å²) >= 11 is 3.22. The summed E-state index contributed by atoms with van der Waals surface area (Å²) in [5, 5.41) is 13.8. The Morgan fingerprint density at radius 1 is 1.41 bits per heavy atom. The number of ether oxygens (including phenoxy) is 1. The van der Waals surface area contributed by atoms with Crippen molar-refractivity contribution in [2.75, 3.05) is 18.9 Å². The molecule has 0 aliphatic carbocycles. The van der Waals surface area contributed by atoms with E-state index in [9.17, 15) is 9.65 Å². The van der Waals surface area contributed by atoms with Gasteiger partial charge >= 0.3 is 0 Å². The minimum Gasteiger partial charge on any atom is -0.383 e. The minimum absolute atomic E-state index is 0.0770. The molecule has 1 aromatic carbocycles. The molecule has 0 saturated carbocycles. The van der Waals surface area contributed by atoms with Gasteiger partial charge < -0.3 is 10.5 Å². The van der Waals surface area contributed by atoms with Gasteiger partial charge in [-0.05, 0) is 31.0 Å². The molecule has 1 aliphatic rings. The minimum atomic E-state index is -0.442. The van der Waals surface area contributed by atoms with Gasteiger partial charge in [-0.15, -0.1) is 0 Å². The molecule has 0 radical (unpaired) electrons. The van der Waals surface area contributed by atoms with Crippen molar-refractivity contribution in [1.82, 2.24) is 9.78 Å². The average molecular weight is 365 g/mol. The first-order chi connectivity index (χ1) is 10.6. The Balaban J connectivity index is 2.10. The van der Waals surface area contributed by atoms with Crippen LogP contribution in [0.3, 0.4) is 0 Å². The van der Waals surface area contributed by atoms with Crippen molar-refractivity contribution < 1.29 is 9.13 Å². The molecule has 0 spiro atoms. The second-order valence-corrected chi connectivity index (χ2v) is 6.05. The lowest BCUT2D eigenvalue weighted by Gasteiger charge is -2.23. The highest BCUT2D eigenvalue weighted by molar-refractivity contribution is 9.10. The molecule has 1 saturated heterocycles. The fraction of sp³-hybridized carbons (Fsp3) is 0.333. The first kappa shape index (κ1) is 15.0. The second-order valence-electron chi connectivity index (χ2n) is 5.13. The fourth-order valence-electron chi connectivity index (χ4n) is 2.64. The Labute approximate surface area is 135 Å². The molecule has 114 valence electrons. The van der Waals surface area contributed by atoms with E-state index in [1.54, 1.807) is 16.8 Å². The number of rotatable bonds is 2. The Morgan fingerprint density at radius 3 is 2.77 bits per heavy atom. The lowest BCUT2D eigenvalue weighted by Crippen LogP contribution is -2.21. The molecule has 0 atom stereocenters. The Morgan fingerprint density at radius 2 is 2.14 bits per heavy atom. The largest absolute Gasteiger partial charge is 0.383 e. The number of nitrogen functional groups attached to an aromatic ring is 1. The van der Waals surface area contributed by atoms with Gasteiger partial charge in [-0.3, -0.25) is 0 Å². The highest BCUT2D eigenvalue weighted by atomic mass is 79.9. The second kappa shape index (κ2) is 6.07. The van der Waals surface area contributed by atoms with Gasteiger partial charge in [-0.1, -0.05) is 15.9 Å². The summed E-state index contributed by atoms with van der Waals surface area (Å²) in [7, 11) is 0. The van der Waals surface area contributed by atoms with Gasteiger partial charge in [0.05, 0.1) is 6.04 Å². The quantitative estimate of drug-likeness (QED) is 0.886. The standard InChI is InChI=1S/C15H14BrFN4O/c16-9-1-2-11(13(17)7-9)14-12(8-18)15(19)21(20-14)10-3-5-22-6-4-10/h1-2,7,10H,3-6,19H2. The molecule has 1 fully saturated rings. The predicted octanol–water partition coefficient (Wildman–Crippen LogP) is 3.26. The summed E-state index contributed by atoms with van der Waals surface area (Å²) in [5.74, 6) is -0.158. The van der Waals surface area contributed by atoms with E-state index in [1.165, 1.54) is 6.07 Å². The van der Waals surface area contributed by atoms with Crippen LogP contribution in [0.25, 0.3) is 11.3 Å². The average Bonchev–Trinajstić information content (AvgIpc) is 2.84. The fourth-order valence-corrected chi connectivity index (χ4v) is 2.97. The molecule has 0 bridgehead atoms. The Bertz CT molecular complexity index is 747. The van der Waals surface area contributed by atoms with Gasteiger partial charge in [0.1, 0.15) is 29.0 Å². The van der Waals surface area contributed by atoms with Crippen molar-refractivity contribution in [1.29, 1.82) is 5.26 Å². The van der Waals surface area contributed by atoms with Crippen molar-refractivity contribution in [3.05, 3.63) is 34.1 Å². The molecule has 3 rings (SSSR count). The van der Waals surface area contributed by atoms with Crippen LogP contribution in [0.5, 0.6) is 0 Å². The summed E-state index contributed by atoms with van der Waals surface area (Å²) in [6.07, 6.45) is 1.55. The highest BCUT2D eigenvalue weighted by Gasteiger charge is 2.25. The number of benzene rings is 1. The van der Waals surface area contributed by atoms with Crippen molar-refractivity contribution in [2.45, 2.75) is 18.9 Å². The van der Waals surface area contributed by atoms with E-state index < -0.39 is 5.82 Å². The zero-order chi connectivity index (χ0) is 15.7. The molecule has 22 heavy (non-hydrogen) atoms. The van der Waals surface area contributed by atoms with Crippen molar-refractivity contribution in [2.24, 2.45) is 0 Å². The molecule has 2 N–H and O–H groups in total. The van der Waals surface area contributed by atoms with Gasteiger partial charge in [-0.2, -0.15) is 10.4 Å². The van der Waals surface area contributed by atoms with Gasteiger partial charge in [-0.25, -0.2) is 9.07 Å². The van der Waals surface area contributed by atoms with Crippen LogP contribution in [0.2, 0.25) is 0 Å². The van der Waals surface area contributed by atoms with Gasteiger partial charge in [0, 0.05) is 23.2 Å². The number of hydrogen-bond donors (Lipinski definition) is 1. The normalized spacial score (nSPS) is 15.7. The van der Waals surface area contributed by atoms with E-state index in [2.05, 4.69) is 21.0 Å². The van der Waals surface area contributed by atoms with Crippen molar-refractivity contribution >= 4 is 21.7 Å². The van der Waals surface area contributed by atoms with Crippen LogP contribution in [-0.4, -0.2) is 23.0 Å². The van der Waals surface area contributed by atoms with Crippen LogP contribution in [0.1, 0.15) is 24.4 Å². The number of halogens is 2. The van der Waals surface area contributed by atoms with Crippen LogP contribution in [-0.2, 0) is 4.74 Å². The number of nitriles is 1. The maximum absolute atomic E-state index is 14.2. The van der Waals surface area contributed by atoms with Gasteiger partial charge in [0.2, 0.25) is 0 Å². The number of hydrogen-bond acceptors (Lipinski definition) is 4. The van der Waals surface area contributed by atoms with E-state index in [-0.39, 0.29) is 28.7 Å². The van der Waals surface area contributed by atoms with Crippen LogP contribution in [0.15, 0.2) is 22.7 Å². The summed E-state index contributed by atoms with van der Waals surface area (Å²) in [6.45, 7) is 1.27. The topological polar surface area (TPSA) is 76.9 Å². The predicted molar refractivity (Wildman–Crippen MR) is 83.5 cm³/mol. The maximum atomic E-state index is 14.2. The summed E-state index contributed by atoms with van der Waals surface area (Å²) < 4.78 is 21.8. The third kappa shape index (κ3) is 2.60. The molecule has 1 aromatic heterocycles. The smallest absolute Gasteiger partial charge is 0.140 e. The Kier molecular flexibility index (Phi) is 4.14. The highest BCUT2D eigenvalue weighted by Crippen LogP contribution is 2.33. The first-order valence-corrected chi connectivity index (χ1v) is 7.72. The molecule has 0 amide bonds. The monoisotopic (exact) mass is 364 g/mol. The van der Waals surface area contributed by atoms with Gasteiger partial charge in [0.15, 0.2) is 0 Å². The molecule has 7 heteroatoms. The Hall–Kier alpha value is -1.91.